The van der Waals surface area contributed by atoms with Crippen LogP contribution in [0.2, 0.25) is 0 Å². The monoisotopic (exact) mass is 274 g/mol. The number of aromatic nitrogens is 3. The minimum atomic E-state index is 0.202. The number of ether oxygens (including phenoxy) is 1. The molecule has 0 aliphatic rings. The normalized spacial score (nSPS) is 12.7. The fraction of sp³-hybridized carbons (Fsp3) is 0.467. The first kappa shape index (κ1) is 14.5. The van der Waals surface area contributed by atoms with Crippen molar-refractivity contribution in [1.82, 2.24) is 20.3 Å². The molecule has 0 aliphatic heterocycles. The Morgan fingerprint density at radius 2 is 1.90 bits per heavy atom. The average Bonchev–Trinajstić information content (AvgIpc) is 2.82. The van der Waals surface area contributed by atoms with Gasteiger partial charge in [0.25, 0.3) is 0 Å². The SMILES string of the molecule is CC(C)Oc1ccc(C(C)NCc2cn(C)nn2)cc1. The minimum absolute atomic E-state index is 0.202. The van der Waals surface area contributed by atoms with E-state index in [-0.39, 0.29) is 12.1 Å². The molecule has 20 heavy (non-hydrogen) atoms. The van der Waals surface area contributed by atoms with E-state index in [0.717, 1.165) is 11.4 Å². The minimum Gasteiger partial charge on any atom is -0.491 e. The lowest BCUT2D eigenvalue weighted by atomic mass is 10.1. The second-order valence-corrected chi connectivity index (χ2v) is 5.22. The van der Waals surface area contributed by atoms with Crippen molar-refractivity contribution >= 4 is 0 Å². The van der Waals surface area contributed by atoms with Gasteiger partial charge in [0.15, 0.2) is 0 Å². The maximum absolute atomic E-state index is 5.64. The van der Waals surface area contributed by atoms with Crippen molar-refractivity contribution in [3.63, 3.8) is 0 Å². The van der Waals surface area contributed by atoms with E-state index < -0.39 is 0 Å². The Balaban J connectivity index is 1.90. The van der Waals surface area contributed by atoms with E-state index in [2.05, 4.69) is 34.7 Å². The molecule has 0 saturated carbocycles. The highest BCUT2D eigenvalue weighted by atomic mass is 16.5. The third-order valence-corrected chi connectivity index (χ3v) is 2.99. The number of nitrogens with zero attached hydrogens (tertiary/aromatic N) is 3. The van der Waals surface area contributed by atoms with Gasteiger partial charge in [-0.3, -0.25) is 4.68 Å². The van der Waals surface area contributed by atoms with Crippen molar-refractivity contribution in [1.29, 1.82) is 0 Å². The second kappa shape index (κ2) is 6.52. The first-order valence-electron chi connectivity index (χ1n) is 6.90. The summed E-state index contributed by atoms with van der Waals surface area (Å²) in [5, 5.41) is 11.4. The van der Waals surface area contributed by atoms with Crippen molar-refractivity contribution in [2.45, 2.75) is 39.5 Å². The highest BCUT2D eigenvalue weighted by molar-refractivity contribution is 5.29. The summed E-state index contributed by atoms with van der Waals surface area (Å²) < 4.78 is 7.35. The largest absolute Gasteiger partial charge is 0.491 e. The van der Waals surface area contributed by atoms with Gasteiger partial charge in [-0.25, -0.2) is 0 Å². The Hall–Kier alpha value is -1.88. The summed E-state index contributed by atoms with van der Waals surface area (Å²) in [5.41, 5.74) is 2.17. The molecular formula is C15H22N4O. The lowest BCUT2D eigenvalue weighted by Gasteiger charge is -2.15. The van der Waals surface area contributed by atoms with Crippen LogP contribution in [0.15, 0.2) is 30.5 Å². The zero-order valence-corrected chi connectivity index (χ0v) is 12.5. The van der Waals surface area contributed by atoms with Crippen molar-refractivity contribution in [3.05, 3.63) is 41.7 Å². The molecule has 2 rings (SSSR count). The summed E-state index contributed by atoms with van der Waals surface area (Å²) in [7, 11) is 1.87. The third kappa shape index (κ3) is 4.06. The molecule has 1 aromatic heterocycles. The van der Waals surface area contributed by atoms with E-state index in [1.165, 1.54) is 5.56 Å². The van der Waals surface area contributed by atoms with Gasteiger partial charge in [-0.15, -0.1) is 5.10 Å². The molecular weight excluding hydrogens is 252 g/mol. The van der Waals surface area contributed by atoms with E-state index in [1.807, 2.05) is 39.2 Å². The molecule has 1 atom stereocenters. The van der Waals surface area contributed by atoms with Gasteiger partial charge in [-0.1, -0.05) is 17.3 Å². The van der Waals surface area contributed by atoms with Crippen LogP contribution in [0.4, 0.5) is 0 Å². The van der Waals surface area contributed by atoms with Crippen LogP contribution >= 0.6 is 0 Å². The van der Waals surface area contributed by atoms with Crippen molar-refractivity contribution in [3.8, 4) is 5.75 Å². The number of hydrogen-bond donors (Lipinski definition) is 1. The predicted octanol–water partition coefficient (Wildman–Crippen LogP) is 2.45. The molecule has 2 aromatic rings. The van der Waals surface area contributed by atoms with E-state index in [0.29, 0.717) is 6.54 Å². The molecule has 5 nitrogen and oxygen atoms in total. The summed E-state index contributed by atoms with van der Waals surface area (Å²) in [4.78, 5) is 0. The molecule has 0 saturated heterocycles. The van der Waals surface area contributed by atoms with Crippen LogP contribution in [-0.2, 0) is 13.6 Å². The smallest absolute Gasteiger partial charge is 0.119 e. The number of benzene rings is 1. The van der Waals surface area contributed by atoms with Crippen molar-refractivity contribution in [2.24, 2.45) is 7.05 Å². The molecule has 5 heteroatoms. The van der Waals surface area contributed by atoms with Gasteiger partial charge in [-0.2, -0.15) is 0 Å². The number of nitrogens with one attached hydrogen (secondary N) is 1. The van der Waals surface area contributed by atoms with Gasteiger partial charge < -0.3 is 10.1 Å². The summed E-state index contributed by atoms with van der Waals surface area (Å²) in [5.74, 6) is 0.907. The van der Waals surface area contributed by atoms with E-state index in [4.69, 9.17) is 4.74 Å². The molecule has 108 valence electrons. The molecule has 0 radical (unpaired) electrons. The van der Waals surface area contributed by atoms with Crippen LogP contribution in [0.3, 0.4) is 0 Å². The van der Waals surface area contributed by atoms with E-state index >= 15 is 0 Å². The fourth-order valence-corrected chi connectivity index (χ4v) is 1.96. The lowest BCUT2D eigenvalue weighted by molar-refractivity contribution is 0.242. The van der Waals surface area contributed by atoms with Crippen LogP contribution in [0.1, 0.15) is 38.1 Å². The third-order valence-electron chi connectivity index (χ3n) is 2.99. The molecule has 0 bridgehead atoms. The molecule has 0 aliphatic carbocycles. The van der Waals surface area contributed by atoms with Gasteiger partial charge in [0, 0.05) is 25.8 Å². The van der Waals surface area contributed by atoms with Crippen LogP contribution in [0.25, 0.3) is 0 Å². The molecule has 1 N–H and O–H groups in total. The van der Waals surface area contributed by atoms with Gasteiger partial charge in [0.1, 0.15) is 5.75 Å². The molecule has 1 aromatic carbocycles. The van der Waals surface area contributed by atoms with Crippen LogP contribution in [0.5, 0.6) is 5.75 Å². The van der Waals surface area contributed by atoms with Gasteiger partial charge in [0.2, 0.25) is 0 Å². The molecule has 1 unspecified atom stereocenters. The average molecular weight is 274 g/mol. The fourth-order valence-electron chi connectivity index (χ4n) is 1.96. The maximum Gasteiger partial charge on any atom is 0.119 e. The van der Waals surface area contributed by atoms with Gasteiger partial charge in [-0.05, 0) is 38.5 Å². The number of rotatable bonds is 6. The zero-order valence-electron chi connectivity index (χ0n) is 12.5. The number of hydrogen-bond acceptors (Lipinski definition) is 4. The Bertz CT molecular complexity index is 533. The topological polar surface area (TPSA) is 52.0 Å². The van der Waals surface area contributed by atoms with E-state index in [1.54, 1.807) is 4.68 Å². The Morgan fingerprint density at radius 3 is 2.45 bits per heavy atom. The quantitative estimate of drug-likeness (QED) is 0.879. The summed E-state index contributed by atoms with van der Waals surface area (Å²) >= 11 is 0. The second-order valence-electron chi connectivity index (χ2n) is 5.22. The summed E-state index contributed by atoms with van der Waals surface area (Å²) in [6.07, 6.45) is 2.12. The van der Waals surface area contributed by atoms with Gasteiger partial charge in [0.05, 0.1) is 11.8 Å². The van der Waals surface area contributed by atoms with Crippen molar-refractivity contribution in [2.75, 3.05) is 0 Å². The Kier molecular flexibility index (Phi) is 4.74. The predicted molar refractivity (Wildman–Crippen MR) is 78.5 cm³/mol. The highest BCUT2D eigenvalue weighted by Gasteiger charge is 2.07. The van der Waals surface area contributed by atoms with Crippen LogP contribution in [-0.4, -0.2) is 21.1 Å². The molecule has 0 fully saturated rings. The van der Waals surface area contributed by atoms with Crippen molar-refractivity contribution < 1.29 is 4.74 Å². The lowest BCUT2D eigenvalue weighted by Crippen LogP contribution is -2.18. The standard InChI is InChI=1S/C15H22N4O/c1-11(2)20-15-7-5-13(6-8-15)12(3)16-9-14-10-19(4)18-17-14/h5-8,10-12,16H,9H2,1-4H3. The molecule has 0 spiro atoms. The van der Waals surface area contributed by atoms with E-state index in [9.17, 15) is 0 Å². The Labute approximate surface area is 120 Å². The summed E-state index contributed by atoms with van der Waals surface area (Å²) in [6, 6.07) is 8.45. The summed E-state index contributed by atoms with van der Waals surface area (Å²) in [6.45, 7) is 6.89. The number of aryl methyl sites for hydroxylation is 1. The zero-order chi connectivity index (χ0) is 14.5. The molecule has 0 amide bonds. The first-order chi connectivity index (χ1) is 9.54. The van der Waals surface area contributed by atoms with Gasteiger partial charge >= 0.3 is 0 Å². The Morgan fingerprint density at radius 1 is 1.20 bits per heavy atom. The maximum atomic E-state index is 5.64. The van der Waals surface area contributed by atoms with Crippen LogP contribution < -0.4 is 10.1 Å². The first-order valence-corrected chi connectivity index (χ1v) is 6.90. The molecule has 1 heterocycles. The van der Waals surface area contributed by atoms with Crippen LogP contribution in [0, 0.1) is 0 Å². The highest BCUT2D eigenvalue weighted by Crippen LogP contribution is 2.18.